The summed E-state index contributed by atoms with van der Waals surface area (Å²) in [7, 11) is 0. The Balaban J connectivity index is 3.75. The normalized spacial score (nSPS) is 9.76. The van der Waals surface area contributed by atoms with E-state index in [1.54, 1.807) is 0 Å². The van der Waals surface area contributed by atoms with E-state index in [0.717, 1.165) is 12.8 Å². The molecule has 0 aromatic rings. The van der Waals surface area contributed by atoms with Gasteiger partial charge in [-0.3, -0.25) is 4.79 Å². The van der Waals surface area contributed by atoms with Crippen molar-refractivity contribution >= 4 is 11.9 Å². The molecule has 5 heteroatoms. The second-order valence-electron chi connectivity index (χ2n) is 3.57. The Kier molecular flexibility index (Phi) is 9.05. The number of aliphatic hydroxyl groups is 1. The van der Waals surface area contributed by atoms with Gasteiger partial charge < -0.3 is 14.6 Å². The van der Waals surface area contributed by atoms with Gasteiger partial charge in [-0.25, -0.2) is 4.79 Å². The minimum absolute atomic E-state index is 0.0428. The maximum absolute atomic E-state index is 11.3. The van der Waals surface area contributed by atoms with Crippen molar-refractivity contribution in [2.45, 2.75) is 32.6 Å². The highest BCUT2D eigenvalue weighted by Crippen LogP contribution is 2.04. The van der Waals surface area contributed by atoms with Crippen molar-refractivity contribution in [1.29, 1.82) is 0 Å². The highest BCUT2D eigenvalue weighted by Gasteiger charge is 2.13. The summed E-state index contributed by atoms with van der Waals surface area (Å²) in [4.78, 5) is 22.5. The van der Waals surface area contributed by atoms with Crippen LogP contribution >= 0.6 is 0 Å². The standard InChI is InChI=1S/C12H20O5/c1-3-4-7-16-11(14)9-10(2)12(15)17-8-5-6-13/h13H,2-9H2,1H3. The molecule has 0 aliphatic rings. The van der Waals surface area contributed by atoms with Crippen LogP contribution in [0.3, 0.4) is 0 Å². The number of esters is 2. The lowest BCUT2D eigenvalue weighted by Crippen LogP contribution is -2.14. The van der Waals surface area contributed by atoms with E-state index < -0.39 is 11.9 Å². The molecule has 0 saturated heterocycles. The van der Waals surface area contributed by atoms with Crippen molar-refractivity contribution in [3.8, 4) is 0 Å². The van der Waals surface area contributed by atoms with E-state index in [2.05, 4.69) is 6.58 Å². The minimum Gasteiger partial charge on any atom is -0.465 e. The summed E-state index contributed by atoms with van der Waals surface area (Å²) in [6.07, 6.45) is 1.97. The number of hydrogen-bond donors (Lipinski definition) is 1. The van der Waals surface area contributed by atoms with Crippen LogP contribution in [0.4, 0.5) is 0 Å². The van der Waals surface area contributed by atoms with Crippen molar-refractivity contribution in [1.82, 2.24) is 0 Å². The van der Waals surface area contributed by atoms with E-state index in [9.17, 15) is 9.59 Å². The third-order valence-corrected chi connectivity index (χ3v) is 1.94. The maximum Gasteiger partial charge on any atom is 0.333 e. The topological polar surface area (TPSA) is 72.8 Å². The Hall–Kier alpha value is -1.36. The molecule has 98 valence electrons. The number of unbranched alkanes of at least 4 members (excludes halogenated alkanes) is 1. The van der Waals surface area contributed by atoms with Crippen molar-refractivity contribution in [3.05, 3.63) is 12.2 Å². The molecule has 0 heterocycles. The van der Waals surface area contributed by atoms with E-state index in [1.165, 1.54) is 0 Å². The van der Waals surface area contributed by atoms with Gasteiger partial charge in [-0.1, -0.05) is 19.9 Å². The van der Waals surface area contributed by atoms with Crippen molar-refractivity contribution in [2.24, 2.45) is 0 Å². The molecule has 0 bridgehead atoms. The average molecular weight is 244 g/mol. The van der Waals surface area contributed by atoms with Crippen LogP contribution < -0.4 is 0 Å². The summed E-state index contributed by atoms with van der Waals surface area (Å²) in [5, 5.41) is 8.50. The fourth-order valence-corrected chi connectivity index (χ4v) is 0.959. The quantitative estimate of drug-likeness (QED) is 0.375. The first-order valence-corrected chi connectivity index (χ1v) is 5.73. The Morgan fingerprint density at radius 1 is 1.18 bits per heavy atom. The molecule has 0 saturated carbocycles. The summed E-state index contributed by atoms with van der Waals surface area (Å²) in [6, 6.07) is 0. The van der Waals surface area contributed by atoms with Crippen LogP contribution in [0, 0.1) is 0 Å². The van der Waals surface area contributed by atoms with E-state index >= 15 is 0 Å². The van der Waals surface area contributed by atoms with Crippen LogP contribution in [0.1, 0.15) is 32.6 Å². The first kappa shape index (κ1) is 15.6. The summed E-state index contributed by atoms with van der Waals surface area (Å²) in [5.41, 5.74) is 0.0736. The molecule has 0 unspecified atom stereocenters. The third-order valence-electron chi connectivity index (χ3n) is 1.94. The number of ether oxygens (including phenoxy) is 2. The van der Waals surface area contributed by atoms with E-state index in [0.29, 0.717) is 13.0 Å². The summed E-state index contributed by atoms with van der Waals surface area (Å²) < 4.78 is 9.65. The van der Waals surface area contributed by atoms with Gasteiger partial charge in [0.05, 0.1) is 19.6 Å². The number of rotatable bonds is 9. The van der Waals surface area contributed by atoms with Crippen LogP contribution in [0.2, 0.25) is 0 Å². The fourth-order valence-electron chi connectivity index (χ4n) is 0.959. The van der Waals surface area contributed by atoms with Crippen LogP contribution in [0.15, 0.2) is 12.2 Å². The van der Waals surface area contributed by atoms with E-state index in [-0.39, 0.29) is 25.2 Å². The molecule has 5 nitrogen and oxygen atoms in total. The molecule has 0 radical (unpaired) electrons. The number of aliphatic hydroxyl groups excluding tert-OH is 1. The van der Waals surface area contributed by atoms with Gasteiger partial charge in [0.1, 0.15) is 0 Å². The zero-order valence-electron chi connectivity index (χ0n) is 10.2. The van der Waals surface area contributed by atoms with Gasteiger partial charge in [0.25, 0.3) is 0 Å². The Labute approximate surface area is 101 Å². The monoisotopic (exact) mass is 244 g/mol. The minimum atomic E-state index is -0.620. The summed E-state index contributed by atoms with van der Waals surface area (Å²) in [5.74, 6) is -1.09. The second kappa shape index (κ2) is 9.84. The van der Waals surface area contributed by atoms with Gasteiger partial charge >= 0.3 is 11.9 Å². The molecular formula is C12H20O5. The first-order chi connectivity index (χ1) is 8.11. The highest BCUT2D eigenvalue weighted by molar-refractivity contribution is 5.93. The van der Waals surface area contributed by atoms with Gasteiger partial charge in [0.2, 0.25) is 0 Å². The molecule has 0 atom stereocenters. The molecule has 17 heavy (non-hydrogen) atoms. The lowest BCUT2D eigenvalue weighted by molar-refractivity contribution is -0.146. The second-order valence-corrected chi connectivity index (χ2v) is 3.57. The molecule has 0 rings (SSSR count). The third kappa shape index (κ3) is 8.45. The number of carbonyl (C=O) groups excluding carboxylic acids is 2. The van der Waals surface area contributed by atoms with Crippen molar-refractivity contribution < 1.29 is 24.2 Å². The lowest BCUT2D eigenvalue weighted by atomic mass is 10.2. The zero-order valence-corrected chi connectivity index (χ0v) is 10.2. The molecule has 0 fully saturated rings. The molecule has 0 aliphatic heterocycles. The Bertz CT molecular complexity index is 260. The fraction of sp³-hybridized carbons (Fsp3) is 0.667. The molecule has 0 amide bonds. The maximum atomic E-state index is 11.3. The molecule has 0 aromatic heterocycles. The van der Waals surface area contributed by atoms with Crippen LogP contribution in [-0.4, -0.2) is 36.9 Å². The first-order valence-electron chi connectivity index (χ1n) is 5.73. The Morgan fingerprint density at radius 2 is 1.82 bits per heavy atom. The predicted molar refractivity (Wildman–Crippen MR) is 62.3 cm³/mol. The van der Waals surface area contributed by atoms with Gasteiger partial charge in [0.15, 0.2) is 0 Å². The van der Waals surface area contributed by atoms with E-state index in [1.807, 2.05) is 6.92 Å². The molecule has 0 aromatic carbocycles. The van der Waals surface area contributed by atoms with Crippen LogP contribution in [0.25, 0.3) is 0 Å². The van der Waals surface area contributed by atoms with Gasteiger partial charge in [-0.15, -0.1) is 0 Å². The van der Waals surface area contributed by atoms with Gasteiger partial charge in [-0.05, 0) is 6.42 Å². The predicted octanol–water partition coefficient (Wildman–Crippen LogP) is 1.20. The van der Waals surface area contributed by atoms with Crippen LogP contribution in [0.5, 0.6) is 0 Å². The average Bonchev–Trinajstić information content (AvgIpc) is 2.29. The van der Waals surface area contributed by atoms with Gasteiger partial charge in [0, 0.05) is 18.6 Å². The molecule has 0 aliphatic carbocycles. The Morgan fingerprint density at radius 3 is 2.41 bits per heavy atom. The van der Waals surface area contributed by atoms with Crippen LogP contribution in [-0.2, 0) is 19.1 Å². The largest absolute Gasteiger partial charge is 0.465 e. The smallest absolute Gasteiger partial charge is 0.333 e. The van der Waals surface area contributed by atoms with E-state index in [4.69, 9.17) is 14.6 Å². The SMILES string of the molecule is C=C(CC(=O)OCCCC)C(=O)OCCCO. The van der Waals surface area contributed by atoms with Crippen molar-refractivity contribution in [2.75, 3.05) is 19.8 Å². The highest BCUT2D eigenvalue weighted by atomic mass is 16.5. The molecule has 0 spiro atoms. The number of hydrogen-bond acceptors (Lipinski definition) is 5. The molecule has 1 N–H and O–H groups in total. The summed E-state index contributed by atoms with van der Waals surface area (Å²) in [6.45, 7) is 5.90. The number of carbonyl (C=O) groups is 2. The molecular weight excluding hydrogens is 224 g/mol. The van der Waals surface area contributed by atoms with Gasteiger partial charge in [-0.2, -0.15) is 0 Å². The zero-order chi connectivity index (χ0) is 13.1. The van der Waals surface area contributed by atoms with Crippen molar-refractivity contribution in [3.63, 3.8) is 0 Å². The lowest BCUT2D eigenvalue weighted by Gasteiger charge is -2.06. The summed E-state index contributed by atoms with van der Waals surface area (Å²) >= 11 is 0.